The van der Waals surface area contributed by atoms with Gasteiger partial charge in [0.2, 0.25) is 0 Å². The summed E-state index contributed by atoms with van der Waals surface area (Å²) in [5.74, 6) is -2.06. The van der Waals surface area contributed by atoms with E-state index in [0.29, 0.717) is 11.6 Å². The molecule has 0 bridgehead atoms. The van der Waals surface area contributed by atoms with Crippen molar-refractivity contribution in [2.75, 3.05) is 45.2 Å². The highest BCUT2D eigenvalue weighted by molar-refractivity contribution is 5.97. The van der Waals surface area contributed by atoms with Crippen molar-refractivity contribution in [2.24, 2.45) is 5.41 Å². The standard InChI is InChI=1S/C35H42F3N7O3.C2H6/c1-21(2)45(23-12-35(37,38)13-23)33(46)25-11-22(36)5-6-28(25)48-30-16-39-20-42-32(30)44-18-34(19-44)14-24(15-34)47-29-8-10-40-26-7-9-41-27(31(26)29)17-43(3)4;1-2/h5-6,8,10-11,16,20-21,23-24,27,41H,7,9,12-15,17-19H2,1-4H3;1-2H3. The number of ether oxygens (including phenoxy) is 2. The number of hydrogen-bond acceptors (Lipinski definition) is 9. The number of likely N-dealkylation sites (N-methyl/N-ethyl adjacent to an activating group) is 1. The van der Waals surface area contributed by atoms with Crippen molar-refractivity contribution >= 4 is 11.7 Å². The Morgan fingerprint density at radius 3 is 2.48 bits per heavy atom. The number of nitrogens with one attached hydrogen (secondary N) is 1. The van der Waals surface area contributed by atoms with Crippen molar-refractivity contribution in [3.8, 4) is 17.2 Å². The predicted octanol–water partition coefficient (Wildman–Crippen LogP) is 6.27. The third-order valence-electron chi connectivity index (χ3n) is 9.95. The van der Waals surface area contributed by atoms with Crippen LogP contribution in [0.5, 0.6) is 17.2 Å². The van der Waals surface area contributed by atoms with Crippen molar-refractivity contribution in [2.45, 2.75) is 90.0 Å². The maximum absolute atomic E-state index is 14.5. The Balaban J connectivity index is 0.00000212. The minimum absolute atomic E-state index is 0.0332. The number of fused-ring (bicyclic) bond motifs is 1. The molecule has 1 spiro atoms. The molecule has 4 aliphatic rings. The highest BCUT2D eigenvalue weighted by Crippen LogP contribution is 2.52. The first kappa shape index (κ1) is 35.8. The molecule has 270 valence electrons. The van der Waals surface area contributed by atoms with Crippen LogP contribution in [0, 0.1) is 11.2 Å². The Morgan fingerprint density at radius 1 is 1.06 bits per heavy atom. The van der Waals surface area contributed by atoms with Gasteiger partial charge in [0, 0.05) is 74.7 Å². The number of pyridine rings is 1. The van der Waals surface area contributed by atoms with E-state index in [9.17, 15) is 18.0 Å². The molecule has 50 heavy (non-hydrogen) atoms. The lowest BCUT2D eigenvalue weighted by atomic mass is 9.61. The van der Waals surface area contributed by atoms with E-state index in [1.165, 1.54) is 29.6 Å². The van der Waals surface area contributed by atoms with Crippen molar-refractivity contribution in [3.05, 3.63) is 65.6 Å². The molecule has 10 nitrogen and oxygen atoms in total. The molecule has 13 heteroatoms. The molecule has 1 unspecified atom stereocenters. The zero-order valence-electron chi connectivity index (χ0n) is 29.8. The molecule has 1 amide bonds. The van der Waals surface area contributed by atoms with Gasteiger partial charge in [0.15, 0.2) is 11.6 Å². The van der Waals surface area contributed by atoms with Crippen molar-refractivity contribution in [1.29, 1.82) is 0 Å². The van der Waals surface area contributed by atoms with Gasteiger partial charge in [0.1, 0.15) is 29.7 Å². The fourth-order valence-electron chi connectivity index (χ4n) is 7.78. The number of halogens is 3. The average molecular weight is 696 g/mol. The smallest absolute Gasteiger partial charge is 0.258 e. The van der Waals surface area contributed by atoms with Crippen molar-refractivity contribution in [1.82, 2.24) is 30.1 Å². The topological polar surface area (TPSA) is 96.0 Å². The molecule has 1 N–H and O–H groups in total. The highest BCUT2D eigenvalue weighted by atomic mass is 19.3. The lowest BCUT2D eigenvalue weighted by Gasteiger charge is -2.59. The molecule has 2 aliphatic carbocycles. The fraction of sp³-hybridized carbons (Fsp3) is 0.568. The third-order valence-corrected chi connectivity index (χ3v) is 9.95. The van der Waals surface area contributed by atoms with E-state index in [0.717, 1.165) is 68.5 Å². The van der Waals surface area contributed by atoms with Crippen LogP contribution in [0.3, 0.4) is 0 Å². The molecule has 1 aromatic carbocycles. The maximum atomic E-state index is 14.5. The number of nitrogens with zero attached hydrogens (tertiary/aromatic N) is 6. The normalized spacial score (nSPS) is 20.6. The first-order valence-electron chi connectivity index (χ1n) is 17.7. The number of carbonyl (C=O) groups is 1. The summed E-state index contributed by atoms with van der Waals surface area (Å²) in [5, 5.41) is 3.62. The number of benzene rings is 1. The number of hydrogen-bond donors (Lipinski definition) is 1. The molecular formula is C37H48F3N7O3. The van der Waals surface area contributed by atoms with Gasteiger partial charge in [-0.05, 0) is 65.0 Å². The number of aromatic nitrogens is 3. The van der Waals surface area contributed by atoms with Crippen LogP contribution >= 0.6 is 0 Å². The van der Waals surface area contributed by atoms with Crippen LogP contribution in [-0.2, 0) is 6.42 Å². The Hall–Kier alpha value is -3.97. The monoisotopic (exact) mass is 695 g/mol. The number of amides is 1. The molecule has 4 heterocycles. The van der Waals surface area contributed by atoms with E-state index in [-0.39, 0.29) is 34.9 Å². The molecule has 0 radical (unpaired) electrons. The molecule has 3 aromatic rings. The molecule has 7 rings (SSSR count). The van der Waals surface area contributed by atoms with E-state index in [1.807, 2.05) is 26.1 Å². The second-order valence-corrected chi connectivity index (χ2v) is 14.4. The summed E-state index contributed by atoms with van der Waals surface area (Å²) in [4.78, 5) is 32.7. The van der Waals surface area contributed by atoms with E-state index in [4.69, 9.17) is 9.47 Å². The third kappa shape index (κ3) is 7.25. The van der Waals surface area contributed by atoms with Gasteiger partial charge in [0.25, 0.3) is 11.8 Å². The second kappa shape index (κ2) is 14.3. The largest absolute Gasteiger partial charge is 0.490 e. The van der Waals surface area contributed by atoms with Gasteiger partial charge in [-0.15, -0.1) is 0 Å². The molecule has 2 aliphatic heterocycles. The second-order valence-electron chi connectivity index (χ2n) is 14.4. The summed E-state index contributed by atoms with van der Waals surface area (Å²) in [6.07, 6.45) is 6.79. The average Bonchev–Trinajstić information content (AvgIpc) is 3.02. The summed E-state index contributed by atoms with van der Waals surface area (Å²) in [5.41, 5.74) is 2.33. The van der Waals surface area contributed by atoms with Crippen LogP contribution in [0.15, 0.2) is 43.0 Å². The SMILES string of the molecule is CC.CC(C)N(C(=O)c1cc(F)ccc1Oc1cncnc1N1CC2(CC(Oc3ccnc4c3C(CN(C)C)NCC4)C2)C1)C1CC(F)(F)C1. The van der Waals surface area contributed by atoms with Crippen LogP contribution in [-0.4, -0.2) is 95.0 Å². The summed E-state index contributed by atoms with van der Waals surface area (Å²) < 4.78 is 54.7. The first-order valence-corrected chi connectivity index (χ1v) is 17.7. The Morgan fingerprint density at radius 2 is 1.80 bits per heavy atom. The van der Waals surface area contributed by atoms with Crippen molar-refractivity contribution < 1.29 is 27.4 Å². The van der Waals surface area contributed by atoms with E-state index < -0.39 is 36.5 Å². The van der Waals surface area contributed by atoms with Gasteiger partial charge in [-0.1, -0.05) is 13.8 Å². The van der Waals surface area contributed by atoms with Crippen LogP contribution in [0.4, 0.5) is 19.0 Å². The Kier molecular flexibility index (Phi) is 10.3. The van der Waals surface area contributed by atoms with Crippen LogP contribution < -0.4 is 19.7 Å². The first-order chi connectivity index (χ1) is 23.9. The van der Waals surface area contributed by atoms with Gasteiger partial charge in [-0.25, -0.2) is 23.1 Å². The fourth-order valence-corrected chi connectivity index (χ4v) is 7.78. The molecule has 2 saturated carbocycles. The summed E-state index contributed by atoms with van der Waals surface area (Å²) in [6.45, 7) is 10.8. The molecular weight excluding hydrogens is 647 g/mol. The number of rotatable bonds is 10. The zero-order valence-corrected chi connectivity index (χ0v) is 29.8. The maximum Gasteiger partial charge on any atom is 0.258 e. The lowest BCUT2D eigenvalue weighted by molar-refractivity contribution is -0.120. The van der Waals surface area contributed by atoms with Gasteiger partial charge < -0.3 is 29.5 Å². The lowest BCUT2D eigenvalue weighted by Crippen LogP contribution is -2.65. The van der Waals surface area contributed by atoms with Crippen LogP contribution in [0.1, 0.15) is 81.0 Å². The zero-order chi connectivity index (χ0) is 35.8. The van der Waals surface area contributed by atoms with Crippen LogP contribution in [0.25, 0.3) is 0 Å². The van der Waals surface area contributed by atoms with E-state index in [1.54, 1.807) is 13.8 Å². The molecule has 1 saturated heterocycles. The minimum atomic E-state index is -2.80. The summed E-state index contributed by atoms with van der Waals surface area (Å²) in [7, 11) is 4.14. The quantitative estimate of drug-likeness (QED) is 0.263. The van der Waals surface area contributed by atoms with E-state index >= 15 is 0 Å². The molecule has 2 aromatic heterocycles. The Labute approximate surface area is 292 Å². The number of alkyl halides is 2. The van der Waals surface area contributed by atoms with Gasteiger partial charge in [-0.2, -0.15) is 0 Å². The highest BCUT2D eigenvalue weighted by Gasteiger charge is 2.55. The number of carbonyl (C=O) groups excluding carboxylic acids is 1. The van der Waals surface area contributed by atoms with E-state index in [2.05, 4.69) is 44.2 Å². The van der Waals surface area contributed by atoms with Crippen LogP contribution in [0.2, 0.25) is 0 Å². The van der Waals surface area contributed by atoms with Crippen molar-refractivity contribution in [3.63, 3.8) is 0 Å². The van der Waals surface area contributed by atoms with Gasteiger partial charge in [-0.3, -0.25) is 9.78 Å². The minimum Gasteiger partial charge on any atom is -0.490 e. The Bertz CT molecular complexity index is 1670. The summed E-state index contributed by atoms with van der Waals surface area (Å²) >= 11 is 0. The number of anilines is 1. The molecule has 1 atom stereocenters. The predicted molar refractivity (Wildman–Crippen MR) is 185 cm³/mol. The van der Waals surface area contributed by atoms with Gasteiger partial charge in [0.05, 0.1) is 23.5 Å². The van der Waals surface area contributed by atoms with Gasteiger partial charge >= 0.3 is 0 Å². The summed E-state index contributed by atoms with van der Waals surface area (Å²) in [6, 6.07) is 4.84. The molecule has 3 fully saturated rings.